The molecule has 20 heavy (non-hydrogen) atoms. The van der Waals surface area contributed by atoms with Crippen molar-refractivity contribution in [2.75, 3.05) is 32.8 Å². The van der Waals surface area contributed by atoms with E-state index in [1.807, 2.05) is 11.0 Å². The number of morpholine rings is 1. The van der Waals surface area contributed by atoms with Crippen molar-refractivity contribution < 1.29 is 9.53 Å². The van der Waals surface area contributed by atoms with Crippen molar-refractivity contribution in [3.05, 3.63) is 26.9 Å². The van der Waals surface area contributed by atoms with E-state index in [1.165, 1.54) is 0 Å². The molecule has 0 atom stereocenters. The molecular formula is C13H17Br2N3O2. The van der Waals surface area contributed by atoms with Crippen LogP contribution in [0, 0.1) is 0 Å². The summed E-state index contributed by atoms with van der Waals surface area (Å²) in [4.78, 5) is 18.1. The SMILES string of the molecule is O=C(CCNCc1ncc(Br)cc1Br)N1CCOCC1. The average Bonchev–Trinajstić information content (AvgIpc) is 2.46. The predicted octanol–water partition coefficient (Wildman–Crippen LogP) is 1.95. The van der Waals surface area contributed by atoms with Gasteiger partial charge in [0.1, 0.15) is 0 Å². The molecule has 2 rings (SSSR count). The van der Waals surface area contributed by atoms with Crippen LogP contribution in [0.4, 0.5) is 0 Å². The second-order valence-corrected chi connectivity index (χ2v) is 6.27. The number of carbonyl (C=O) groups is 1. The van der Waals surface area contributed by atoms with Gasteiger partial charge in [-0.2, -0.15) is 0 Å². The summed E-state index contributed by atoms with van der Waals surface area (Å²) in [6, 6.07) is 1.96. The third-order valence-electron chi connectivity index (χ3n) is 3.06. The van der Waals surface area contributed by atoms with Gasteiger partial charge in [-0.15, -0.1) is 0 Å². The number of pyridine rings is 1. The summed E-state index contributed by atoms with van der Waals surface area (Å²) in [7, 11) is 0. The summed E-state index contributed by atoms with van der Waals surface area (Å²) in [5, 5.41) is 3.25. The van der Waals surface area contributed by atoms with Crippen molar-refractivity contribution in [3.8, 4) is 0 Å². The van der Waals surface area contributed by atoms with Crippen LogP contribution in [-0.4, -0.2) is 48.6 Å². The van der Waals surface area contributed by atoms with Crippen LogP contribution in [0.25, 0.3) is 0 Å². The van der Waals surface area contributed by atoms with Crippen LogP contribution in [0.5, 0.6) is 0 Å². The third kappa shape index (κ3) is 4.80. The molecule has 1 saturated heterocycles. The molecular weight excluding hydrogens is 390 g/mol. The fourth-order valence-electron chi connectivity index (χ4n) is 1.95. The van der Waals surface area contributed by atoms with Gasteiger partial charge in [-0.25, -0.2) is 0 Å². The van der Waals surface area contributed by atoms with E-state index in [4.69, 9.17) is 4.74 Å². The van der Waals surface area contributed by atoms with E-state index in [2.05, 4.69) is 42.2 Å². The molecule has 1 fully saturated rings. The molecule has 0 aliphatic carbocycles. The lowest BCUT2D eigenvalue weighted by Crippen LogP contribution is -2.41. The Labute approximate surface area is 135 Å². The Morgan fingerprint density at radius 3 is 2.85 bits per heavy atom. The standard InChI is InChI=1S/C13H17Br2N3O2/c14-10-7-11(15)12(17-8-10)9-16-2-1-13(19)18-3-5-20-6-4-18/h7-8,16H,1-6,9H2. The predicted molar refractivity (Wildman–Crippen MR) is 83.4 cm³/mol. The van der Waals surface area contributed by atoms with Gasteiger partial charge in [0.2, 0.25) is 5.91 Å². The summed E-state index contributed by atoms with van der Waals surface area (Å²) < 4.78 is 7.13. The molecule has 1 aromatic heterocycles. The first-order valence-corrected chi connectivity index (χ1v) is 8.11. The number of carbonyl (C=O) groups excluding carboxylic acids is 1. The van der Waals surface area contributed by atoms with E-state index >= 15 is 0 Å². The van der Waals surface area contributed by atoms with Gasteiger partial charge in [-0.3, -0.25) is 9.78 Å². The molecule has 1 amide bonds. The summed E-state index contributed by atoms with van der Waals surface area (Å²) >= 11 is 6.84. The van der Waals surface area contributed by atoms with E-state index < -0.39 is 0 Å². The van der Waals surface area contributed by atoms with Crippen LogP contribution in [0.1, 0.15) is 12.1 Å². The third-order valence-corrected chi connectivity index (χ3v) is 4.18. The molecule has 0 unspecified atom stereocenters. The molecule has 1 aliphatic rings. The second-order valence-electron chi connectivity index (χ2n) is 4.50. The number of rotatable bonds is 5. The van der Waals surface area contributed by atoms with E-state index in [1.54, 1.807) is 6.20 Å². The Morgan fingerprint density at radius 2 is 2.15 bits per heavy atom. The highest BCUT2D eigenvalue weighted by Gasteiger charge is 2.15. The highest BCUT2D eigenvalue weighted by atomic mass is 79.9. The minimum atomic E-state index is 0.184. The van der Waals surface area contributed by atoms with E-state index in [0.717, 1.165) is 14.6 Å². The van der Waals surface area contributed by atoms with Gasteiger partial charge in [-0.1, -0.05) is 0 Å². The van der Waals surface area contributed by atoms with Crippen LogP contribution in [0.2, 0.25) is 0 Å². The van der Waals surface area contributed by atoms with Gasteiger partial charge in [0.15, 0.2) is 0 Å². The quantitative estimate of drug-likeness (QED) is 0.759. The molecule has 110 valence electrons. The lowest BCUT2D eigenvalue weighted by molar-refractivity contribution is -0.135. The molecule has 1 aliphatic heterocycles. The van der Waals surface area contributed by atoms with Gasteiger partial charge in [0, 0.05) is 47.7 Å². The summed E-state index contributed by atoms with van der Waals surface area (Å²) in [5.74, 6) is 0.184. The van der Waals surface area contributed by atoms with Crippen molar-refractivity contribution in [1.29, 1.82) is 0 Å². The van der Waals surface area contributed by atoms with Crippen molar-refractivity contribution in [2.45, 2.75) is 13.0 Å². The molecule has 0 saturated carbocycles. The van der Waals surface area contributed by atoms with Gasteiger partial charge < -0.3 is 15.0 Å². The minimum absolute atomic E-state index is 0.184. The van der Waals surface area contributed by atoms with Crippen LogP contribution >= 0.6 is 31.9 Å². The zero-order chi connectivity index (χ0) is 14.4. The number of ether oxygens (including phenoxy) is 1. The first-order chi connectivity index (χ1) is 9.66. The first kappa shape index (κ1) is 15.9. The number of nitrogens with zero attached hydrogens (tertiary/aromatic N) is 2. The van der Waals surface area contributed by atoms with Crippen LogP contribution in [0.15, 0.2) is 21.2 Å². The van der Waals surface area contributed by atoms with Gasteiger partial charge in [0.05, 0.1) is 18.9 Å². The molecule has 0 spiro atoms. The number of halogens is 2. The lowest BCUT2D eigenvalue weighted by Gasteiger charge is -2.26. The number of nitrogens with one attached hydrogen (secondary N) is 1. The monoisotopic (exact) mass is 405 g/mol. The highest BCUT2D eigenvalue weighted by molar-refractivity contribution is 9.11. The maximum atomic E-state index is 11.9. The zero-order valence-corrected chi connectivity index (χ0v) is 14.2. The van der Waals surface area contributed by atoms with Gasteiger partial charge in [0.25, 0.3) is 0 Å². The molecule has 7 heteroatoms. The highest BCUT2D eigenvalue weighted by Crippen LogP contribution is 2.19. The summed E-state index contributed by atoms with van der Waals surface area (Å²) in [6.45, 7) is 4.01. The Balaban J connectivity index is 1.69. The molecule has 1 aromatic rings. The average molecular weight is 407 g/mol. The Morgan fingerprint density at radius 1 is 1.40 bits per heavy atom. The lowest BCUT2D eigenvalue weighted by atomic mass is 10.3. The number of amides is 1. The van der Waals surface area contributed by atoms with Gasteiger partial charge >= 0.3 is 0 Å². The maximum absolute atomic E-state index is 11.9. The smallest absolute Gasteiger partial charge is 0.224 e. The normalized spacial score (nSPS) is 15.4. The second kappa shape index (κ2) is 8.07. The number of aromatic nitrogens is 1. The topological polar surface area (TPSA) is 54.5 Å². The van der Waals surface area contributed by atoms with Crippen LogP contribution in [0.3, 0.4) is 0 Å². The Bertz CT molecular complexity index is 465. The Hall–Kier alpha value is -0.500. The molecule has 0 aromatic carbocycles. The minimum Gasteiger partial charge on any atom is -0.378 e. The first-order valence-electron chi connectivity index (χ1n) is 6.53. The van der Waals surface area contributed by atoms with Crippen LogP contribution in [-0.2, 0) is 16.1 Å². The molecule has 2 heterocycles. The number of hydrogen-bond donors (Lipinski definition) is 1. The fraction of sp³-hybridized carbons (Fsp3) is 0.538. The molecule has 5 nitrogen and oxygen atoms in total. The molecule has 0 bridgehead atoms. The molecule has 1 N–H and O–H groups in total. The van der Waals surface area contributed by atoms with Crippen molar-refractivity contribution in [3.63, 3.8) is 0 Å². The van der Waals surface area contributed by atoms with Crippen molar-refractivity contribution >= 4 is 37.8 Å². The Kier molecular flexibility index (Phi) is 6.41. The van der Waals surface area contributed by atoms with E-state index in [-0.39, 0.29) is 5.91 Å². The summed E-state index contributed by atoms with van der Waals surface area (Å²) in [6.07, 6.45) is 2.27. The van der Waals surface area contributed by atoms with Gasteiger partial charge in [-0.05, 0) is 37.9 Å². The van der Waals surface area contributed by atoms with E-state index in [9.17, 15) is 4.79 Å². The summed E-state index contributed by atoms with van der Waals surface area (Å²) in [5.41, 5.74) is 0.937. The van der Waals surface area contributed by atoms with E-state index in [0.29, 0.717) is 45.8 Å². The fourth-order valence-corrected chi connectivity index (χ4v) is 3.07. The van der Waals surface area contributed by atoms with Crippen molar-refractivity contribution in [1.82, 2.24) is 15.2 Å². The maximum Gasteiger partial charge on any atom is 0.224 e. The van der Waals surface area contributed by atoms with Crippen molar-refractivity contribution in [2.24, 2.45) is 0 Å². The molecule has 0 radical (unpaired) electrons. The largest absolute Gasteiger partial charge is 0.378 e. The van der Waals surface area contributed by atoms with Crippen LogP contribution < -0.4 is 5.32 Å². The number of hydrogen-bond acceptors (Lipinski definition) is 4. The zero-order valence-electron chi connectivity index (χ0n) is 11.1.